The Bertz CT molecular complexity index is 2610. The predicted molar refractivity (Wildman–Crippen MR) is 258 cm³/mol. The van der Waals surface area contributed by atoms with Gasteiger partial charge in [-0.2, -0.15) is 0 Å². The van der Waals surface area contributed by atoms with E-state index in [2.05, 4.69) is 248 Å². The minimum absolute atomic E-state index is 0.139. The molecule has 0 saturated carbocycles. The molecule has 0 amide bonds. The fraction of sp³-hybridized carbons (Fsp3) is 0.107. The molecular weight excluding hydrogens is 809 g/mol. The maximum Gasteiger partial charge on any atom is 0.130 e. The van der Waals surface area contributed by atoms with Crippen LogP contribution in [-0.2, 0) is 26.2 Å². The summed E-state index contributed by atoms with van der Waals surface area (Å²) in [5.41, 5.74) is 12.5. The molecule has 0 aliphatic carbocycles. The van der Waals surface area contributed by atoms with Crippen LogP contribution < -0.4 is 19.6 Å². The fourth-order valence-electron chi connectivity index (χ4n) is 9.87. The van der Waals surface area contributed by atoms with E-state index < -0.39 is 0 Å². The van der Waals surface area contributed by atoms with Crippen LogP contribution in [0.4, 0.5) is 22.7 Å². The Morgan fingerprint density at radius 2 is 0.557 bits per heavy atom. The zero-order valence-corrected chi connectivity index (χ0v) is 35.4. The van der Waals surface area contributed by atoms with Crippen molar-refractivity contribution < 1.29 is 0 Å². The van der Waals surface area contributed by atoms with Crippen molar-refractivity contribution in [2.75, 3.05) is 19.6 Å². The molecule has 0 N–H and O–H groups in total. The monoisotopic (exact) mass is 852 g/mol. The summed E-state index contributed by atoms with van der Waals surface area (Å²) >= 11 is 4.45. The van der Waals surface area contributed by atoms with E-state index in [1.807, 2.05) is 0 Å². The standard InChI is InChI=1S/C56H45BrN4/c57-54-46(55-58(36-40-18-5-1-6-19-40)48-32-13-26-44-27-14-33-49(52(44)48)59(55)37-41-20-7-2-8-21-41)30-17-31-47(54)56-60(38-42-22-9-3-10-23-42)50-34-15-28-45-29-16-35-51(53(45)50)61(56)39-43-24-11-4-12-25-43/h1-35,55-56H,36-39H2. The Morgan fingerprint density at radius 3 is 0.836 bits per heavy atom. The second-order valence-corrected chi connectivity index (χ2v) is 17.0. The molecule has 11 rings (SSSR count). The smallest absolute Gasteiger partial charge is 0.130 e. The van der Waals surface area contributed by atoms with Gasteiger partial charge in [0, 0.05) is 75.3 Å². The van der Waals surface area contributed by atoms with Gasteiger partial charge in [-0.05, 0) is 73.2 Å². The van der Waals surface area contributed by atoms with Crippen molar-refractivity contribution >= 4 is 60.2 Å². The van der Waals surface area contributed by atoms with Crippen molar-refractivity contribution in [3.8, 4) is 0 Å². The molecule has 0 atom stereocenters. The molecule has 0 spiro atoms. The zero-order chi connectivity index (χ0) is 40.7. The summed E-state index contributed by atoms with van der Waals surface area (Å²) in [6.45, 7) is 3.00. The minimum Gasteiger partial charge on any atom is -0.342 e. The first-order valence-corrected chi connectivity index (χ1v) is 22.0. The van der Waals surface area contributed by atoms with Gasteiger partial charge < -0.3 is 19.6 Å². The van der Waals surface area contributed by atoms with Gasteiger partial charge in [-0.3, -0.25) is 0 Å². The van der Waals surface area contributed by atoms with Crippen LogP contribution >= 0.6 is 15.9 Å². The summed E-state index contributed by atoms with van der Waals surface area (Å²) in [6, 6.07) is 77.9. The van der Waals surface area contributed by atoms with Gasteiger partial charge in [-0.25, -0.2) is 0 Å². The Morgan fingerprint density at radius 1 is 0.295 bits per heavy atom. The minimum atomic E-state index is -0.139. The molecule has 5 heteroatoms. The lowest BCUT2D eigenvalue weighted by molar-refractivity contribution is 0.547. The fourth-order valence-corrected chi connectivity index (χ4v) is 10.5. The summed E-state index contributed by atoms with van der Waals surface area (Å²) in [5, 5.41) is 5.09. The van der Waals surface area contributed by atoms with Crippen LogP contribution in [0.25, 0.3) is 21.5 Å². The summed E-state index contributed by atoms with van der Waals surface area (Å²) < 4.78 is 1.12. The average molecular weight is 854 g/mol. The van der Waals surface area contributed by atoms with Gasteiger partial charge in [-0.1, -0.05) is 188 Å². The maximum atomic E-state index is 4.45. The number of anilines is 4. The Labute approximate surface area is 366 Å². The molecular formula is C56H45BrN4. The second kappa shape index (κ2) is 16.0. The third kappa shape index (κ3) is 6.79. The van der Waals surface area contributed by atoms with E-state index in [0.29, 0.717) is 0 Å². The van der Waals surface area contributed by atoms with E-state index in [-0.39, 0.29) is 12.3 Å². The van der Waals surface area contributed by atoms with Crippen LogP contribution in [-0.4, -0.2) is 0 Å². The third-order valence-electron chi connectivity index (χ3n) is 12.5. The number of halogens is 1. The number of nitrogens with zero attached hydrogens (tertiary/aromatic N) is 4. The lowest BCUT2D eigenvalue weighted by Crippen LogP contribution is -2.46. The van der Waals surface area contributed by atoms with Crippen molar-refractivity contribution in [1.82, 2.24) is 0 Å². The molecule has 0 fully saturated rings. The van der Waals surface area contributed by atoms with E-state index in [1.165, 1.54) is 77.7 Å². The SMILES string of the molecule is Brc1c(C2N(Cc3ccccc3)c3cccc4cccc(c34)N2Cc2ccccc2)cccc1C1N(Cc2ccccc2)c2cccc3cccc(c23)N1Cc1ccccc1. The number of rotatable bonds is 10. The van der Waals surface area contributed by atoms with Crippen molar-refractivity contribution in [1.29, 1.82) is 0 Å². The lowest BCUT2D eigenvalue weighted by atomic mass is 9.93. The van der Waals surface area contributed by atoms with Gasteiger partial charge in [0.05, 0.1) is 0 Å². The van der Waals surface area contributed by atoms with Crippen LogP contribution in [0.3, 0.4) is 0 Å². The summed E-state index contributed by atoms with van der Waals surface area (Å²) in [4.78, 5) is 10.5. The highest BCUT2D eigenvalue weighted by atomic mass is 79.9. The van der Waals surface area contributed by atoms with Crippen LogP contribution in [0.2, 0.25) is 0 Å². The van der Waals surface area contributed by atoms with E-state index >= 15 is 0 Å². The Balaban J connectivity index is 1.14. The Hall–Kier alpha value is -6.82. The molecule has 0 saturated heterocycles. The average Bonchev–Trinajstić information content (AvgIpc) is 3.31. The van der Waals surface area contributed by atoms with E-state index in [0.717, 1.165) is 30.7 Å². The highest BCUT2D eigenvalue weighted by Crippen LogP contribution is 2.53. The topological polar surface area (TPSA) is 13.0 Å². The van der Waals surface area contributed by atoms with E-state index in [1.54, 1.807) is 0 Å². The first kappa shape index (κ1) is 37.2. The largest absolute Gasteiger partial charge is 0.342 e. The first-order chi connectivity index (χ1) is 30.2. The molecule has 0 unspecified atom stereocenters. The van der Waals surface area contributed by atoms with Crippen molar-refractivity contribution in [3.63, 3.8) is 0 Å². The molecule has 2 aliphatic heterocycles. The van der Waals surface area contributed by atoms with Gasteiger partial charge in [0.2, 0.25) is 0 Å². The zero-order valence-electron chi connectivity index (χ0n) is 33.9. The quantitative estimate of drug-likeness (QED) is 0.136. The van der Waals surface area contributed by atoms with Crippen LogP contribution in [0, 0.1) is 0 Å². The molecule has 9 aromatic rings. The van der Waals surface area contributed by atoms with Crippen LogP contribution in [0.15, 0.2) is 217 Å². The van der Waals surface area contributed by atoms with Crippen molar-refractivity contribution in [3.05, 3.63) is 250 Å². The van der Waals surface area contributed by atoms with Gasteiger partial charge in [0.25, 0.3) is 0 Å². The summed E-state index contributed by atoms with van der Waals surface area (Å²) in [6.07, 6.45) is -0.278. The van der Waals surface area contributed by atoms with Crippen molar-refractivity contribution in [2.24, 2.45) is 0 Å². The molecule has 296 valence electrons. The molecule has 2 heterocycles. The molecule has 0 aromatic heterocycles. The molecule has 4 nitrogen and oxygen atoms in total. The number of benzene rings is 9. The van der Waals surface area contributed by atoms with Gasteiger partial charge in [0.1, 0.15) is 12.3 Å². The third-order valence-corrected chi connectivity index (χ3v) is 13.5. The Kier molecular flexibility index (Phi) is 9.75. The summed E-state index contributed by atoms with van der Waals surface area (Å²) in [5.74, 6) is 0. The van der Waals surface area contributed by atoms with Crippen molar-refractivity contribution in [2.45, 2.75) is 38.5 Å². The lowest BCUT2D eigenvalue weighted by Gasteiger charge is -2.49. The normalized spacial score (nSPS) is 14.0. The van der Waals surface area contributed by atoms with E-state index in [4.69, 9.17) is 0 Å². The van der Waals surface area contributed by atoms with Gasteiger partial charge in [-0.15, -0.1) is 0 Å². The number of hydrogen-bond acceptors (Lipinski definition) is 4. The highest BCUT2D eigenvalue weighted by Gasteiger charge is 2.40. The highest BCUT2D eigenvalue weighted by molar-refractivity contribution is 9.10. The molecule has 61 heavy (non-hydrogen) atoms. The summed E-state index contributed by atoms with van der Waals surface area (Å²) in [7, 11) is 0. The molecule has 2 aliphatic rings. The van der Waals surface area contributed by atoms with Gasteiger partial charge >= 0.3 is 0 Å². The van der Waals surface area contributed by atoms with Gasteiger partial charge in [0.15, 0.2) is 0 Å². The maximum absolute atomic E-state index is 4.45. The second-order valence-electron chi connectivity index (χ2n) is 16.3. The molecule has 0 radical (unpaired) electrons. The first-order valence-electron chi connectivity index (χ1n) is 21.2. The predicted octanol–water partition coefficient (Wildman–Crippen LogP) is 14.2. The van der Waals surface area contributed by atoms with Crippen LogP contribution in [0.5, 0.6) is 0 Å². The van der Waals surface area contributed by atoms with E-state index in [9.17, 15) is 0 Å². The van der Waals surface area contributed by atoms with Crippen LogP contribution in [0.1, 0.15) is 45.7 Å². The molecule has 0 bridgehead atoms. The molecule has 9 aromatic carbocycles. The number of hydrogen-bond donors (Lipinski definition) is 0.